The van der Waals surface area contributed by atoms with E-state index in [0.29, 0.717) is 23.1 Å². The molecule has 1 aliphatic heterocycles. The summed E-state index contributed by atoms with van der Waals surface area (Å²) in [5.41, 5.74) is 3.14. The Morgan fingerprint density at radius 2 is 1.71 bits per heavy atom. The minimum atomic E-state index is -0.280. The molecule has 4 aromatic rings. The molecule has 170 valence electrons. The fourth-order valence-electron chi connectivity index (χ4n) is 4.30. The number of aromatic nitrogens is 2. The first-order chi connectivity index (χ1) is 16.5. The topological polar surface area (TPSA) is 76.8 Å². The van der Waals surface area contributed by atoms with Gasteiger partial charge in [-0.15, -0.1) is 0 Å². The normalized spacial score (nSPS) is 15.4. The van der Waals surface area contributed by atoms with Crippen molar-refractivity contribution in [1.29, 1.82) is 0 Å². The smallest absolute Gasteiger partial charge is 0.263 e. The lowest BCUT2D eigenvalue weighted by Gasteiger charge is -2.23. The zero-order valence-electron chi connectivity index (χ0n) is 19.0. The quantitative estimate of drug-likeness (QED) is 0.457. The zero-order valence-corrected chi connectivity index (χ0v) is 19.0. The molecule has 1 aliphatic rings. The molecule has 7 nitrogen and oxygen atoms in total. The van der Waals surface area contributed by atoms with E-state index in [2.05, 4.69) is 4.98 Å². The minimum absolute atomic E-state index is 0.138. The largest absolute Gasteiger partial charge is 0.497 e. The Balaban J connectivity index is 1.51. The lowest BCUT2D eigenvalue weighted by Crippen LogP contribution is -2.35. The van der Waals surface area contributed by atoms with Crippen molar-refractivity contribution < 1.29 is 9.53 Å². The van der Waals surface area contributed by atoms with Gasteiger partial charge in [0.2, 0.25) is 0 Å². The third-order valence-corrected chi connectivity index (χ3v) is 6.12. The Kier molecular flexibility index (Phi) is 5.67. The Labute approximate surface area is 196 Å². The highest BCUT2D eigenvalue weighted by molar-refractivity contribution is 6.03. The fourth-order valence-corrected chi connectivity index (χ4v) is 4.30. The van der Waals surface area contributed by atoms with Gasteiger partial charge in [-0.25, -0.2) is 9.99 Å². The van der Waals surface area contributed by atoms with Crippen LogP contribution in [0.3, 0.4) is 0 Å². The second-order valence-electron chi connectivity index (χ2n) is 8.21. The van der Waals surface area contributed by atoms with Crippen molar-refractivity contribution in [3.05, 3.63) is 106 Å². The highest BCUT2D eigenvalue weighted by Crippen LogP contribution is 2.33. The van der Waals surface area contributed by atoms with E-state index in [1.165, 1.54) is 9.58 Å². The van der Waals surface area contributed by atoms with Gasteiger partial charge in [-0.3, -0.25) is 14.2 Å². The molecule has 1 aromatic heterocycles. The first-order valence-electron chi connectivity index (χ1n) is 11.1. The van der Waals surface area contributed by atoms with E-state index in [0.717, 1.165) is 22.6 Å². The van der Waals surface area contributed by atoms with Gasteiger partial charge in [0.15, 0.2) is 0 Å². The predicted molar refractivity (Wildman–Crippen MR) is 131 cm³/mol. The maximum Gasteiger partial charge on any atom is 0.263 e. The van der Waals surface area contributed by atoms with Crippen LogP contribution in [0.1, 0.15) is 29.4 Å². The van der Waals surface area contributed by atoms with Crippen LogP contribution in [-0.2, 0) is 11.3 Å². The summed E-state index contributed by atoms with van der Waals surface area (Å²) in [5.74, 6) is 0.965. The van der Waals surface area contributed by atoms with Gasteiger partial charge in [0.1, 0.15) is 18.1 Å². The van der Waals surface area contributed by atoms with Crippen LogP contribution in [0, 0.1) is 6.92 Å². The Bertz CT molecular complexity index is 1440. The van der Waals surface area contributed by atoms with Crippen LogP contribution in [0.4, 0.5) is 0 Å². The molecule has 34 heavy (non-hydrogen) atoms. The summed E-state index contributed by atoms with van der Waals surface area (Å²) in [6, 6.07) is 24.4. The number of hydrogen-bond acceptors (Lipinski definition) is 5. The van der Waals surface area contributed by atoms with Gasteiger partial charge in [0, 0.05) is 6.42 Å². The number of amides is 1. The number of rotatable bonds is 5. The SMILES string of the molecule is COc1ccc(C2CC(c3ccccc3)=NN2C(=O)Cn2c(C)nc3ccccc3c2=O)cc1. The van der Waals surface area contributed by atoms with Crippen molar-refractivity contribution in [2.45, 2.75) is 25.9 Å². The molecule has 7 heteroatoms. The van der Waals surface area contributed by atoms with Crippen molar-refractivity contribution >= 4 is 22.5 Å². The number of carbonyl (C=O) groups is 1. The monoisotopic (exact) mass is 452 g/mol. The first kappa shape index (κ1) is 21.6. The Morgan fingerprint density at radius 3 is 2.44 bits per heavy atom. The summed E-state index contributed by atoms with van der Waals surface area (Å²) in [7, 11) is 1.62. The van der Waals surface area contributed by atoms with Gasteiger partial charge in [-0.2, -0.15) is 5.10 Å². The molecule has 1 amide bonds. The Hall–Kier alpha value is -4.26. The van der Waals surface area contributed by atoms with Crippen molar-refractivity contribution in [3.8, 4) is 5.75 Å². The number of aryl methyl sites for hydroxylation is 1. The van der Waals surface area contributed by atoms with Gasteiger partial charge in [-0.1, -0.05) is 54.6 Å². The number of nitrogens with zero attached hydrogens (tertiary/aromatic N) is 4. The van der Waals surface area contributed by atoms with Gasteiger partial charge in [-0.05, 0) is 42.3 Å². The van der Waals surface area contributed by atoms with E-state index in [1.807, 2.05) is 60.7 Å². The molecule has 0 aliphatic carbocycles. The van der Waals surface area contributed by atoms with E-state index < -0.39 is 0 Å². The number of para-hydroxylation sites is 1. The molecule has 1 atom stereocenters. The number of ether oxygens (including phenoxy) is 1. The van der Waals surface area contributed by atoms with Crippen molar-refractivity contribution in [1.82, 2.24) is 14.6 Å². The maximum absolute atomic E-state index is 13.5. The number of benzene rings is 3. The first-order valence-corrected chi connectivity index (χ1v) is 11.1. The highest BCUT2D eigenvalue weighted by atomic mass is 16.5. The molecule has 2 heterocycles. The van der Waals surface area contributed by atoms with E-state index in [4.69, 9.17) is 9.84 Å². The molecular formula is C27H24N4O3. The summed E-state index contributed by atoms with van der Waals surface area (Å²) in [4.78, 5) is 31.2. The van der Waals surface area contributed by atoms with Crippen LogP contribution < -0.4 is 10.3 Å². The Morgan fingerprint density at radius 1 is 1.00 bits per heavy atom. The third kappa shape index (κ3) is 3.96. The van der Waals surface area contributed by atoms with E-state index in [9.17, 15) is 9.59 Å². The highest BCUT2D eigenvalue weighted by Gasteiger charge is 2.33. The summed E-state index contributed by atoms with van der Waals surface area (Å²) >= 11 is 0. The van der Waals surface area contributed by atoms with Crippen LogP contribution in [0.25, 0.3) is 10.9 Å². The summed E-state index contributed by atoms with van der Waals surface area (Å²) in [5, 5.41) is 6.70. The van der Waals surface area contributed by atoms with Crippen LogP contribution in [0.15, 0.2) is 88.8 Å². The molecule has 0 saturated heterocycles. The minimum Gasteiger partial charge on any atom is -0.497 e. The number of carbonyl (C=O) groups excluding carboxylic acids is 1. The second kappa shape index (κ2) is 8.94. The molecule has 5 rings (SSSR count). The summed E-state index contributed by atoms with van der Waals surface area (Å²) < 4.78 is 6.71. The van der Waals surface area contributed by atoms with Crippen LogP contribution in [-0.4, -0.2) is 33.3 Å². The lowest BCUT2D eigenvalue weighted by molar-refractivity contribution is -0.133. The number of hydrazone groups is 1. The average Bonchev–Trinajstić information content (AvgIpc) is 3.33. The van der Waals surface area contributed by atoms with E-state index in [1.54, 1.807) is 32.2 Å². The van der Waals surface area contributed by atoms with E-state index in [-0.39, 0.29) is 24.1 Å². The van der Waals surface area contributed by atoms with Gasteiger partial charge in [0.25, 0.3) is 11.5 Å². The molecule has 3 aromatic carbocycles. The molecule has 0 N–H and O–H groups in total. The van der Waals surface area contributed by atoms with Gasteiger partial charge in [0.05, 0.1) is 29.8 Å². The van der Waals surface area contributed by atoms with Gasteiger partial charge < -0.3 is 4.74 Å². The zero-order chi connectivity index (χ0) is 23.7. The van der Waals surface area contributed by atoms with Crippen molar-refractivity contribution in [2.75, 3.05) is 7.11 Å². The number of hydrogen-bond donors (Lipinski definition) is 0. The van der Waals surface area contributed by atoms with Crippen LogP contribution in [0.2, 0.25) is 0 Å². The molecule has 0 bridgehead atoms. The van der Waals surface area contributed by atoms with E-state index >= 15 is 0 Å². The van der Waals surface area contributed by atoms with Crippen LogP contribution >= 0.6 is 0 Å². The molecule has 1 unspecified atom stereocenters. The van der Waals surface area contributed by atoms with Gasteiger partial charge >= 0.3 is 0 Å². The van der Waals surface area contributed by atoms with Crippen molar-refractivity contribution in [3.63, 3.8) is 0 Å². The lowest BCUT2D eigenvalue weighted by atomic mass is 9.98. The average molecular weight is 453 g/mol. The third-order valence-electron chi connectivity index (χ3n) is 6.12. The standard InChI is InChI=1S/C27H24N4O3/c1-18-28-23-11-7-6-10-22(23)27(33)30(18)17-26(32)31-25(20-12-14-21(34-2)15-13-20)16-24(29-31)19-8-4-3-5-9-19/h3-15,25H,16-17H2,1-2H3. The second-order valence-corrected chi connectivity index (χ2v) is 8.21. The molecule has 0 radical (unpaired) electrons. The van der Waals surface area contributed by atoms with Crippen LogP contribution in [0.5, 0.6) is 5.75 Å². The van der Waals surface area contributed by atoms with Crippen molar-refractivity contribution in [2.24, 2.45) is 5.10 Å². The maximum atomic E-state index is 13.5. The summed E-state index contributed by atoms with van der Waals surface area (Å²) in [6.45, 7) is 1.60. The molecule has 0 spiro atoms. The number of fused-ring (bicyclic) bond motifs is 1. The number of methoxy groups -OCH3 is 1. The predicted octanol–water partition coefficient (Wildman–Crippen LogP) is 4.09. The summed E-state index contributed by atoms with van der Waals surface area (Å²) in [6.07, 6.45) is 0.575. The molecule has 0 saturated carbocycles. The molecular weight excluding hydrogens is 428 g/mol. The fraction of sp³-hybridized carbons (Fsp3) is 0.185. The molecule has 0 fully saturated rings.